The van der Waals surface area contributed by atoms with Crippen molar-refractivity contribution in [3.05, 3.63) is 53.1 Å². The third-order valence-corrected chi connectivity index (χ3v) is 6.28. The number of carbonyl (C=O) groups is 1. The van der Waals surface area contributed by atoms with Crippen LogP contribution < -0.4 is 4.74 Å². The van der Waals surface area contributed by atoms with Gasteiger partial charge in [0.25, 0.3) is 0 Å². The number of likely N-dealkylation sites (N-methyl/N-ethyl adjacent to an activating group) is 1. The Morgan fingerprint density at radius 1 is 1.31 bits per heavy atom. The van der Waals surface area contributed by atoms with E-state index in [0.29, 0.717) is 29.3 Å². The molecule has 1 saturated carbocycles. The first-order chi connectivity index (χ1) is 13.6. The van der Waals surface area contributed by atoms with Gasteiger partial charge in [-0.25, -0.2) is 0 Å². The van der Waals surface area contributed by atoms with Gasteiger partial charge in [0.2, 0.25) is 5.91 Å². The van der Waals surface area contributed by atoms with Crippen molar-refractivity contribution in [3.63, 3.8) is 0 Å². The van der Waals surface area contributed by atoms with Gasteiger partial charge >= 0.3 is 0 Å². The highest BCUT2D eigenvalue weighted by Gasteiger charge is 2.66. The monoisotopic (exact) mass is 414 g/mol. The van der Waals surface area contributed by atoms with E-state index in [-0.39, 0.29) is 28.9 Å². The van der Waals surface area contributed by atoms with E-state index in [9.17, 15) is 4.79 Å². The molecule has 0 heterocycles. The third kappa shape index (κ3) is 4.07. The number of nitrogens with zero attached hydrogens (tertiary/aromatic N) is 2. The highest BCUT2D eigenvalue weighted by molar-refractivity contribution is 6.31. The fourth-order valence-corrected chi connectivity index (χ4v) is 5.33. The summed E-state index contributed by atoms with van der Waals surface area (Å²) in [6.07, 6.45) is 4.02. The van der Waals surface area contributed by atoms with Crippen LogP contribution in [0.25, 0.3) is 0 Å². The number of rotatable bonds is 7. The Balaban J connectivity index is 2.32. The fourth-order valence-electron chi connectivity index (χ4n) is 5.12. The summed E-state index contributed by atoms with van der Waals surface area (Å²) in [5, 5.41) is 9.45. The lowest BCUT2D eigenvalue weighted by Crippen LogP contribution is -2.75. The number of benzene rings is 1. The van der Waals surface area contributed by atoms with E-state index in [2.05, 4.69) is 40.3 Å². The van der Waals surface area contributed by atoms with E-state index < -0.39 is 0 Å². The zero-order valence-corrected chi connectivity index (χ0v) is 19.0. The summed E-state index contributed by atoms with van der Waals surface area (Å²) >= 11 is 6.17. The maximum absolute atomic E-state index is 13.2. The van der Waals surface area contributed by atoms with Crippen LogP contribution in [0.1, 0.15) is 53.5 Å². The molecule has 0 radical (unpaired) electrons. The number of hydrogen-bond donors (Lipinski definition) is 0. The van der Waals surface area contributed by atoms with Crippen LogP contribution in [0.3, 0.4) is 0 Å². The highest BCUT2D eigenvalue weighted by atomic mass is 35.5. The Morgan fingerprint density at radius 3 is 2.38 bits per heavy atom. The molecule has 0 aromatic heterocycles. The molecule has 4 nitrogen and oxygen atoms in total. The van der Waals surface area contributed by atoms with Gasteiger partial charge in [-0.05, 0) is 25.5 Å². The Morgan fingerprint density at radius 2 is 1.93 bits per heavy atom. The molecule has 0 atom stereocenters. The molecule has 1 aliphatic rings. The second-order valence-corrected chi connectivity index (χ2v) is 9.08. The van der Waals surface area contributed by atoms with Crippen molar-refractivity contribution in [1.82, 2.24) is 4.90 Å². The zero-order valence-electron chi connectivity index (χ0n) is 18.3. The van der Waals surface area contributed by atoms with E-state index in [1.54, 1.807) is 30.4 Å². The van der Waals surface area contributed by atoms with Crippen LogP contribution >= 0.6 is 11.6 Å². The van der Waals surface area contributed by atoms with Gasteiger partial charge in [0.15, 0.2) is 0 Å². The van der Waals surface area contributed by atoms with Gasteiger partial charge in [-0.2, -0.15) is 5.26 Å². The van der Waals surface area contributed by atoms with E-state index in [4.69, 9.17) is 21.6 Å². The lowest BCUT2D eigenvalue weighted by atomic mass is 9.48. The second kappa shape index (κ2) is 8.63. The first kappa shape index (κ1) is 23.0. The molecule has 0 aliphatic heterocycles. The highest BCUT2D eigenvalue weighted by Crippen LogP contribution is 2.58. The van der Waals surface area contributed by atoms with Gasteiger partial charge in [-0.1, -0.05) is 65.0 Å². The molecule has 1 aromatic rings. The second-order valence-electron chi connectivity index (χ2n) is 8.67. The van der Waals surface area contributed by atoms with Gasteiger partial charge in [0.1, 0.15) is 17.9 Å². The van der Waals surface area contributed by atoms with E-state index in [0.717, 1.165) is 5.57 Å². The molecule has 0 spiro atoms. The van der Waals surface area contributed by atoms with Crippen LogP contribution in [0.5, 0.6) is 5.75 Å². The summed E-state index contributed by atoms with van der Waals surface area (Å²) in [7, 11) is 0. The average molecular weight is 415 g/mol. The van der Waals surface area contributed by atoms with Crippen molar-refractivity contribution in [3.8, 4) is 11.8 Å². The zero-order chi connectivity index (χ0) is 22.0. The molecule has 0 N–H and O–H groups in total. The summed E-state index contributed by atoms with van der Waals surface area (Å²) in [6, 6.07) is 7.21. The van der Waals surface area contributed by atoms with Gasteiger partial charge in [-0.3, -0.25) is 4.79 Å². The SMILES string of the molecule is C=C/C=C(\CC)C(=O)N(CC)[C@H]1C(C)(C)[C@H](Oc2ccc(C#N)c(Cl)c2)C1(C)C. The number of allylic oxidation sites excluding steroid dienone is 2. The van der Waals surface area contributed by atoms with Crippen LogP contribution in [0.15, 0.2) is 42.5 Å². The van der Waals surface area contributed by atoms with Crippen LogP contribution in [-0.4, -0.2) is 29.5 Å². The number of halogens is 1. The lowest BCUT2D eigenvalue weighted by molar-refractivity contribution is -0.209. The summed E-state index contributed by atoms with van der Waals surface area (Å²) in [6.45, 7) is 16.9. The predicted octanol–water partition coefficient (Wildman–Crippen LogP) is 5.76. The van der Waals surface area contributed by atoms with Crippen LogP contribution in [-0.2, 0) is 4.79 Å². The molecule has 1 amide bonds. The number of amides is 1. The third-order valence-electron chi connectivity index (χ3n) is 5.96. The molecule has 0 saturated heterocycles. The Bertz CT molecular complexity index is 848. The molecule has 1 aromatic carbocycles. The molecule has 5 heteroatoms. The average Bonchev–Trinajstić information content (AvgIpc) is 2.67. The lowest BCUT2D eigenvalue weighted by Gasteiger charge is -2.66. The van der Waals surface area contributed by atoms with E-state index in [1.807, 2.05) is 18.7 Å². The smallest absolute Gasteiger partial charge is 0.250 e. The molecule has 156 valence electrons. The Labute approximate surface area is 179 Å². The molecule has 2 rings (SSSR count). The minimum Gasteiger partial charge on any atom is -0.489 e. The van der Waals surface area contributed by atoms with Crippen molar-refractivity contribution in [2.45, 2.75) is 60.1 Å². The van der Waals surface area contributed by atoms with Gasteiger partial charge in [0, 0.05) is 35.1 Å². The van der Waals surface area contributed by atoms with Gasteiger partial charge in [0.05, 0.1) is 10.6 Å². The summed E-state index contributed by atoms with van der Waals surface area (Å²) < 4.78 is 6.34. The van der Waals surface area contributed by atoms with Crippen molar-refractivity contribution >= 4 is 17.5 Å². The van der Waals surface area contributed by atoms with Gasteiger partial charge in [-0.15, -0.1) is 0 Å². The molecular weight excluding hydrogens is 384 g/mol. The molecule has 0 bridgehead atoms. The van der Waals surface area contributed by atoms with E-state index in [1.165, 1.54) is 0 Å². The topological polar surface area (TPSA) is 53.3 Å². The Hall–Kier alpha value is -2.25. The summed E-state index contributed by atoms with van der Waals surface area (Å²) in [5.74, 6) is 0.690. The molecule has 1 fully saturated rings. The maximum atomic E-state index is 13.2. The summed E-state index contributed by atoms with van der Waals surface area (Å²) in [5.41, 5.74) is 0.662. The van der Waals surface area contributed by atoms with E-state index >= 15 is 0 Å². The summed E-state index contributed by atoms with van der Waals surface area (Å²) in [4.78, 5) is 15.2. The predicted molar refractivity (Wildman–Crippen MR) is 118 cm³/mol. The number of carbonyl (C=O) groups excluding carboxylic acids is 1. The fraction of sp³-hybridized carbons (Fsp3) is 0.500. The Kier molecular flexibility index (Phi) is 6.86. The first-order valence-electron chi connectivity index (χ1n) is 10.0. The minimum atomic E-state index is -0.261. The minimum absolute atomic E-state index is 0.0196. The maximum Gasteiger partial charge on any atom is 0.250 e. The number of hydrogen-bond acceptors (Lipinski definition) is 3. The van der Waals surface area contributed by atoms with Crippen LogP contribution in [0.4, 0.5) is 0 Å². The van der Waals surface area contributed by atoms with Crippen molar-refractivity contribution in [2.24, 2.45) is 10.8 Å². The first-order valence-corrected chi connectivity index (χ1v) is 10.4. The van der Waals surface area contributed by atoms with Gasteiger partial charge < -0.3 is 9.64 Å². The molecule has 0 unspecified atom stereocenters. The normalized spacial score (nSPS) is 22.2. The number of ether oxygens (including phenoxy) is 1. The molecule has 29 heavy (non-hydrogen) atoms. The van der Waals surface area contributed by atoms with Crippen LogP contribution in [0, 0.1) is 22.2 Å². The van der Waals surface area contributed by atoms with Crippen LogP contribution in [0.2, 0.25) is 5.02 Å². The quantitative estimate of drug-likeness (QED) is 0.420. The molecule has 1 aliphatic carbocycles. The molecular formula is C24H31ClN2O2. The van der Waals surface area contributed by atoms with Crippen molar-refractivity contribution < 1.29 is 9.53 Å². The van der Waals surface area contributed by atoms with Crippen molar-refractivity contribution in [2.75, 3.05) is 6.54 Å². The van der Waals surface area contributed by atoms with Crippen molar-refractivity contribution in [1.29, 1.82) is 5.26 Å². The largest absolute Gasteiger partial charge is 0.489 e. The standard InChI is InChI=1S/C24H31ClN2O2/c1-8-11-16(9-2)20(28)27(10-3)21-23(4,5)22(24(21,6)7)29-18-13-12-17(15-26)19(25)14-18/h8,11-14,21-22H,1,9-10H2,2-7H3/b16-11+/t21-,22-. The number of nitriles is 1.